The van der Waals surface area contributed by atoms with E-state index >= 15 is 0 Å². The van der Waals surface area contributed by atoms with Crippen molar-refractivity contribution in [2.75, 3.05) is 18.9 Å². The molecule has 1 aromatic carbocycles. The maximum Gasteiger partial charge on any atom is 0.254 e. The van der Waals surface area contributed by atoms with Crippen LogP contribution in [0.3, 0.4) is 0 Å². The Morgan fingerprint density at radius 3 is 3.05 bits per heavy atom. The molecule has 0 radical (unpaired) electrons. The van der Waals surface area contributed by atoms with Crippen molar-refractivity contribution in [1.82, 2.24) is 14.5 Å². The third-order valence-electron chi connectivity index (χ3n) is 3.59. The van der Waals surface area contributed by atoms with Gasteiger partial charge in [0.25, 0.3) is 5.91 Å². The molecule has 21 heavy (non-hydrogen) atoms. The molecule has 0 unspecified atom stereocenters. The molecule has 0 spiro atoms. The van der Waals surface area contributed by atoms with Crippen molar-refractivity contribution >= 4 is 11.6 Å². The average molecular weight is 286 g/mol. The molecule has 3 rings (SSSR count). The average Bonchev–Trinajstić information content (AvgIpc) is 2.96. The van der Waals surface area contributed by atoms with E-state index in [1.807, 2.05) is 13.1 Å². The minimum Gasteiger partial charge on any atom is -0.492 e. The maximum atomic E-state index is 12.5. The SMILES string of the molecule is CCOc1ccc(C(=O)N2CCn3ccnc3C2)cc1N. The molecule has 110 valence electrons. The Balaban J connectivity index is 1.78. The third kappa shape index (κ3) is 2.56. The summed E-state index contributed by atoms with van der Waals surface area (Å²) in [7, 11) is 0. The van der Waals surface area contributed by atoms with E-state index in [1.54, 1.807) is 29.3 Å². The van der Waals surface area contributed by atoms with Gasteiger partial charge in [0.2, 0.25) is 0 Å². The lowest BCUT2D eigenvalue weighted by atomic mass is 10.1. The standard InChI is InChI=1S/C15H18N4O2/c1-2-21-13-4-3-11(9-12(13)16)15(20)19-8-7-18-6-5-17-14(18)10-19/h3-6,9H,2,7-8,10,16H2,1H3. The lowest BCUT2D eigenvalue weighted by Crippen LogP contribution is -2.38. The monoisotopic (exact) mass is 286 g/mol. The number of imidazole rings is 1. The zero-order valence-electron chi connectivity index (χ0n) is 12.0. The molecule has 1 amide bonds. The first-order valence-corrected chi connectivity index (χ1v) is 7.00. The summed E-state index contributed by atoms with van der Waals surface area (Å²) in [5.41, 5.74) is 6.99. The number of ether oxygens (including phenoxy) is 1. The quantitative estimate of drug-likeness (QED) is 0.868. The summed E-state index contributed by atoms with van der Waals surface area (Å²) in [6.07, 6.45) is 3.70. The first-order valence-electron chi connectivity index (χ1n) is 7.00. The van der Waals surface area contributed by atoms with Crippen molar-refractivity contribution in [3.63, 3.8) is 0 Å². The molecular weight excluding hydrogens is 268 g/mol. The molecule has 6 nitrogen and oxygen atoms in total. The highest BCUT2D eigenvalue weighted by Gasteiger charge is 2.22. The molecule has 0 saturated carbocycles. The van der Waals surface area contributed by atoms with Gasteiger partial charge in [-0.3, -0.25) is 4.79 Å². The van der Waals surface area contributed by atoms with Crippen LogP contribution in [0.2, 0.25) is 0 Å². The summed E-state index contributed by atoms with van der Waals surface area (Å²) in [6, 6.07) is 5.18. The van der Waals surface area contributed by atoms with E-state index in [1.165, 1.54) is 0 Å². The van der Waals surface area contributed by atoms with E-state index in [2.05, 4.69) is 9.55 Å². The number of benzene rings is 1. The Kier molecular flexibility index (Phi) is 3.51. The summed E-state index contributed by atoms with van der Waals surface area (Å²) in [5.74, 6) is 1.50. The molecule has 0 saturated heterocycles. The lowest BCUT2D eigenvalue weighted by Gasteiger charge is -2.27. The zero-order chi connectivity index (χ0) is 14.8. The molecule has 0 bridgehead atoms. The van der Waals surface area contributed by atoms with Crippen molar-refractivity contribution in [3.05, 3.63) is 42.0 Å². The fourth-order valence-electron chi connectivity index (χ4n) is 2.50. The highest BCUT2D eigenvalue weighted by atomic mass is 16.5. The van der Waals surface area contributed by atoms with Crippen LogP contribution in [0.1, 0.15) is 23.1 Å². The number of aromatic nitrogens is 2. The number of nitrogen functional groups attached to an aromatic ring is 1. The predicted molar refractivity (Wildman–Crippen MR) is 79.0 cm³/mol. The Hall–Kier alpha value is -2.50. The van der Waals surface area contributed by atoms with Gasteiger partial charge in [-0.15, -0.1) is 0 Å². The minimum absolute atomic E-state index is 0.0287. The van der Waals surface area contributed by atoms with Gasteiger partial charge in [0.05, 0.1) is 18.8 Å². The largest absolute Gasteiger partial charge is 0.492 e. The van der Waals surface area contributed by atoms with Crippen molar-refractivity contribution in [3.8, 4) is 5.75 Å². The zero-order valence-corrected chi connectivity index (χ0v) is 12.0. The van der Waals surface area contributed by atoms with Crippen LogP contribution in [0.4, 0.5) is 5.69 Å². The van der Waals surface area contributed by atoms with Crippen LogP contribution >= 0.6 is 0 Å². The second kappa shape index (κ2) is 5.47. The smallest absolute Gasteiger partial charge is 0.254 e. The van der Waals surface area contributed by atoms with Crippen LogP contribution in [0, 0.1) is 0 Å². The molecule has 6 heteroatoms. The van der Waals surface area contributed by atoms with E-state index in [-0.39, 0.29) is 5.91 Å². The van der Waals surface area contributed by atoms with Gasteiger partial charge in [-0.05, 0) is 25.1 Å². The number of rotatable bonds is 3. The first kappa shape index (κ1) is 13.5. The molecule has 0 aliphatic carbocycles. The number of carbonyl (C=O) groups excluding carboxylic acids is 1. The van der Waals surface area contributed by atoms with Gasteiger partial charge >= 0.3 is 0 Å². The first-order chi connectivity index (χ1) is 10.2. The van der Waals surface area contributed by atoms with E-state index in [0.717, 1.165) is 12.4 Å². The van der Waals surface area contributed by atoms with Crippen LogP contribution < -0.4 is 10.5 Å². The molecule has 0 fully saturated rings. The van der Waals surface area contributed by atoms with Gasteiger partial charge in [0, 0.05) is 31.0 Å². The highest BCUT2D eigenvalue weighted by molar-refractivity contribution is 5.95. The van der Waals surface area contributed by atoms with Crippen LogP contribution in [-0.2, 0) is 13.1 Å². The second-order valence-electron chi connectivity index (χ2n) is 4.95. The summed E-state index contributed by atoms with van der Waals surface area (Å²) in [5, 5.41) is 0. The second-order valence-corrected chi connectivity index (χ2v) is 4.95. The van der Waals surface area contributed by atoms with Crippen LogP contribution in [-0.4, -0.2) is 33.5 Å². The number of hydrogen-bond donors (Lipinski definition) is 1. The Labute approximate surface area is 123 Å². The van der Waals surface area contributed by atoms with Crippen molar-refractivity contribution in [2.24, 2.45) is 0 Å². The Morgan fingerprint density at radius 2 is 2.29 bits per heavy atom. The van der Waals surface area contributed by atoms with E-state index in [9.17, 15) is 4.79 Å². The summed E-state index contributed by atoms with van der Waals surface area (Å²) in [6.45, 7) is 4.42. The van der Waals surface area contributed by atoms with Gasteiger partial charge in [-0.2, -0.15) is 0 Å². The molecule has 2 heterocycles. The van der Waals surface area contributed by atoms with Gasteiger partial charge in [0.15, 0.2) is 0 Å². The van der Waals surface area contributed by atoms with Gasteiger partial charge < -0.3 is 19.9 Å². The van der Waals surface area contributed by atoms with Gasteiger partial charge in [0.1, 0.15) is 11.6 Å². The number of nitrogens with two attached hydrogens (primary N) is 1. The van der Waals surface area contributed by atoms with Crippen molar-refractivity contribution < 1.29 is 9.53 Å². The Bertz CT molecular complexity index is 665. The topological polar surface area (TPSA) is 73.4 Å². The highest BCUT2D eigenvalue weighted by Crippen LogP contribution is 2.24. The van der Waals surface area contributed by atoms with E-state index < -0.39 is 0 Å². The number of hydrogen-bond acceptors (Lipinski definition) is 4. The lowest BCUT2D eigenvalue weighted by molar-refractivity contribution is 0.0707. The maximum absolute atomic E-state index is 12.5. The number of carbonyl (C=O) groups is 1. The fourth-order valence-corrected chi connectivity index (χ4v) is 2.50. The molecule has 2 aromatic rings. The molecular formula is C15H18N4O2. The molecule has 1 aliphatic rings. The molecule has 0 atom stereocenters. The molecule has 2 N–H and O–H groups in total. The number of amides is 1. The van der Waals surface area contributed by atoms with E-state index in [4.69, 9.17) is 10.5 Å². The van der Waals surface area contributed by atoms with E-state index in [0.29, 0.717) is 36.7 Å². The normalized spacial score (nSPS) is 13.9. The summed E-state index contributed by atoms with van der Waals surface area (Å²) < 4.78 is 7.46. The number of fused-ring (bicyclic) bond motifs is 1. The van der Waals surface area contributed by atoms with Crippen LogP contribution in [0.15, 0.2) is 30.6 Å². The Morgan fingerprint density at radius 1 is 1.43 bits per heavy atom. The fraction of sp³-hybridized carbons (Fsp3) is 0.333. The van der Waals surface area contributed by atoms with Gasteiger partial charge in [-0.25, -0.2) is 4.98 Å². The van der Waals surface area contributed by atoms with Crippen LogP contribution in [0.25, 0.3) is 0 Å². The van der Waals surface area contributed by atoms with Gasteiger partial charge in [-0.1, -0.05) is 0 Å². The van der Waals surface area contributed by atoms with Crippen molar-refractivity contribution in [1.29, 1.82) is 0 Å². The minimum atomic E-state index is -0.0287. The van der Waals surface area contributed by atoms with Crippen molar-refractivity contribution in [2.45, 2.75) is 20.0 Å². The predicted octanol–water partition coefficient (Wildman–Crippen LogP) is 1.52. The number of anilines is 1. The summed E-state index contributed by atoms with van der Waals surface area (Å²) >= 11 is 0. The summed E-state index contributed by atoms with van der Waals surface area (Å²) in [4.78, 5) is 18.6. The number of nitrogens with zero attached hydrogens (tertiary/aromatic N) is 3. The molecule has 1 aliphatic heterocycles. The molecule has 1 aromatic heterocycles. The van der Waals surface area contributed by atoms with Crippen LogP contribution in [0.5, 0.6) is 5.75 Å². The third-order valence-corrected chi connectivity index (χ3v) is 3.59.